The molecule has 1 heterocycles. The van der Waals surface area contributed by atoms with Gasteiger partial charge in [0.15, 0.2) is 0 Å². The molecule has 2 rings (SSSR count). The third-order valence-corrected chi connectivity index (χ3v) is 3.09. The molecule has 0 atom stereocenters. The Labute approximate surface area is 108 Å². The smallest absolute Gasteiger partial charge is 0.101 e. The Bertz CT molecular complexity index is 610. The highest BCUT2D eigenvalue weighted by Gasteiger charge is 2.09. The molecule has 0 radical (unpaired) electrons. The summed E-state index contributed by atoms with van der Waals surface area (Å²) >= 11 is 0. The lowest BCUT2D eigenvalue weighted by molar-refractivity contribution is 1.07. The van der Waals surface area contributed by atoms with Crippen molar-refractivity contribution in [2.45, 2.75) is 20.3 Å². The zero-order valence-electron chi connectivity index (χ0n) is 10.8. The third kappa shape index (κ3) is 2.21. The Kier molecular flexibility index (Phi) is 3.34. The maximum atomic E-state index is 9.16. The number of aromatic nitrogens is 1. The van der Waals surface area contributed by atoms with Gasteiger partial charge < -0.3 is 4.57 Å². The Hall–Kier alpha value is -2.27. The molecular formula is C16H16N2. The van der Waals surface area contributed by atoms with Gasteiger partial charge in [-0.3, -0.25) is 0 Å². The van der Waals surface area contributed by atoms with Crippen LogP contribution in [0.3, 0.4) is 0 Å². The number of aryl methyl sites for hydroxylation is 1. The molecular weight excluding hydrogens is 220 g/mol. The highest BCUT2D eigenvalue weighted by molar-refractivity contribution is 5.69. The largest absolute Gasteiger partial charge is 0.322 e. The van der Waals surface area contributed by atoms with Crippen LogP contribution in [-0.4, -0.2) is 4.57 Å². The molecule has 0 spiro atoms. The van der Waals surface area contributed by atoms with E-state index >= 15 is 0 Å². The first kappa shape index (κ1) is 12.2. The molecule has 0 aliphatic rings. The lowest BCUT2D eigenvalue weighted by atomic mass is 10.1. The molecule has 0 bridgehead atoms. The Morgan fingerprint density at radius 2 is 1.94 bits per heavy atom. The number of nitrogens with zero attached hydrogens (tertiary/aromatic N) is 2. The minimum Gasteiger partial charge on any atom is -0.322 e. The maximum Gasteiger partial charge on any atom is 0.101 e. The van der Waals surface area contributed by atoms with Crippen LogP contribution in [0.25, 0.3) is 11.3 Å². The van der Waals surface area contributed by atoms with Crippen molar-refractivity contribution in [3.63, 3.8) is 0 Å². The van der Waals surface area contributed by atoms with E-state index in [1.54, 1.807) is 0 Å². The Morgan fingerprint density at radius 1 is 1.28 bits per heavy atom. The minimum atomic E-state index is 0.683. The first-order chi connectivity index (χ1) is 8.65. The van der Waals surface area contributed by atoms with Crippen molar-refractivity contribution in [3.8, 4) is 11.8 Å². The van der Waals surface area contributed by atoms with Crippen LogP contribution in [0, 0.1) is 18.3 Å². The van der Waals surface area contributed by atoms with Gasteiger partial charge in [0, 0.05) is 23.6 Å². The van der Waals surface area contributed by atoms with Crippen molar-refractivity contribution in [3.05, 3.63) is 59.9 Å². The quantitative estimate of drug-likeness (QED) is 0.789. The first-order valence-corrected chi connectivity index (χ1v) is 6.03. The van der Waals surface area contributed by atoms with E-state index < -0.39 is 0 Å². The lowest BCUT2D eigenvalue weighted by Crippen LogP contribution is -1.89. The molecule has 2 aromatic rings. The molecule has 0 saturated heterocycles. The second kappa shape index (κ2) is 4.93. The van der Waals surface area contributed by atoms with Gasteiger partial charge in [0.05, 0.1) is 5.56 Å². The van der Waals surface area contributed by atoms with Crippen molar-refractivity contribution in [2.75, 3.05) is 0 Å². The molecule has 0 aliphatic heterocycles. The van der Waals surface area contributed by atoms with Gasteiger partial charge in [-0.05, 0) is 31.1 Å². The van der Waals surface area contributed by atoms with Crippen LogP contribution in [0.15, 0.2) is 43.2 Å². The molecule has 0 saturated carbocycles. The number of hydrogen-bond donors (Lipinski definition) is 0. The van der Waals surface area contributed by atoms with Gasteiger partial charge in [0.1, 0.15) is 6.07 Å². The zero-order chi connectivity index (χ0) is 13.1. The van der Waals surface area contributed by atoms with Gasteiger partial charge in [-0.1, -0.05) is 31.2 Å². The molecule has 90 valence electrons. The summed E-state index contributed by atoms with van der Waals surface area (Å²) < 4.78 is 1.98. The Morgan fingerprint density at radius 3 is 2.50 bits per heavy atom. The zero-order valence-corrected chi connectivity index (χ0v) is 10.8. The average molecular weight is 236 g/mol. The summed E-state index contributed by atoms with van der Waals surface area (Å²) in [5.41, 5.74) is 4.91. The van der Waals surface area contributed by atoms with Crippen LogP contribution >= 0.6 is 0 Å². The monoisotopic (exact) mass is 236 g/mol. The third-order valence-electron chi connectivity index (χ3n) is 3.09. The van der Waals surface area contributed by atoms with Crippen molar-refractivity contribution in [1.29, 1.82) is 5.26 Å². The van der Waals surface area contributed by atoms with E-state index in [4.69, 9.17) is 5.26 Å². The molecule has 0 fully saturated rings. The lowest BCUT2D eigenvalue weighted by Gasteiger charge is -2.03. The van der Waals surface area contributed by atoms with Crippen LogP contribution in [0.2, 0.25) is 0 Å². The fraction of sp³-hybridized carbons (Fsp3) is 0.188. The molecule has 18 heavy (non-hydrogen) atoms. The summed E-state index contributed by atoms with van der Waals surface area (Å²) in [4.78, 5) is 0. The highest BCUT2D eigenvalue weighted by atomic mass is 14.9. The fourth-order valence-electron chi connectivity index (χ4n) is 1.88. The number of hydrogen-bond acceptors (Lipinski definition) is 1. The van der Waals surface area contributed by atoms with Crippen molar-refractivity contribution < 1.29 is 0 Å². The minimum absolute atomic E-state index is 0.683. The second-order valence-corrected chi connectivity index (χ2v) is 4.40. The average Bonchev–Trinajstić information content (AvgIpc) is 2.82. The van der Waals surface area contributed by atoms with E-state index in [1.807, 2.05) is 23.9 Å². The molecule has 2 nitrogen and oxygen atoms in total. The van der Waals surface area contributed by atoms with Gasteiger partial charge in [0.2, 0.25) is 0 Å². The molecule has 0 amide bonds. The highest BCUT2D eigenvalue weighted by Crippen LogP contribution is 2.23. The van der Waals surface area contributed by atoms with Crippen LogP contribution in [0.5, 0.6) is 0 Å². The normalized spacial score (nSPS) is 10.1. The molecule has 1 aromatic carbocycles. The number of nitriles is 1. The number of allylic oxidation sites excluding steroid dienone is 1. The summed E-state index contributed by atoms with van der Waals surface area (Å²) in [7, 11) is 0. The first-order valence-electron chi connectivity index (χ1n) is 6.03. The number of benzene rings is 1. The predicted octanol–water partition coefficient (Wildman–Crippen LogP) is 4.08. The van der Waals surface area contributed by atoms with Crippen molar-refractivity contribution in [2.24, 2.45) is 0 Å². The summed E-state index contributed by atoms with van der Waals surface area (Å²) in [6.07, 6.45) is 4.70. The van der Waals surface area contributed by atoms with Crippen molar-refractivity contribution >= 4 is 5.57 Å². The van der Waals surface area contributed by atoms with Crippen LogP contribution in [0.4, 0.5) is 0 Å². The van der Waals surface area contributed by atoms with E-state index in [0.29, 0.717) is 5.56 Å². The summed E-state index contributed by atoms with van der Waals surface area (Å²) in [5.74, 6) is 0. The van der Waals surface area contributed by atoms with Gasteiger partial charge in [-0.25, -0.2) is 0 Å². The molecule has 0 aliphatic carbocycles. The summed E-state index contributed by atoms with van der Waals surface area (Å²) in [6, 6.07) is 10.5. The summed E-state index contributed by atoms with van der Waals surface area (Å²) in [5, 5.41) is 9.16. The Balaban J connectivity index is 2.48. The van der Waals surface area contributed by atoms with Crippen molar-refractivity contribution in [1.82, 2.24) is 4.57 Å². The van der Waals surface area contributed by atoms with E-state index in [9.17, 15) is 0 Å². The van der Waals surface area contributed by atoms with Crippen LogP contribution in [0.1, 0.15) is 30.0 Å². The molecule has 0 unspecified atom stereocenters. The van der Waals surface area contributed by atoms with E-state index in [-0.39, 0.29) is 0 Å². The fourth-order valence-corrected chi connectivity index (χ4v) is 1.88. The van der Waals surface area contributed by atoms with Gasteiger partial charge in [-0.15, -0.1) is 0 Å². The van der Waals surface area contributed by atoms with Gasteiger partial charge in [0.25, 0.3) is 0 Å². The van der Waals surface area contributed by atoms with Gasteiger partial charge in [-0.2, -0.15) is 5.26 Å². The van der Waals surface area contributed by atoms with Crippen LogP contribution in [-0.2, 0) is 0 Å². The van der Waals surface area contributed by atoms with E-state index in [1.165, 1.54) is 5.56 Å². The van der Waals surface area contributed by atoms with E-state index in [0.717, 1.165) is 23.2 Å². The summed E-state index contributed by atoms with van der Waals surface area (Å²) in [6.45, 7) is 8.12. The predicted molar refractivity (Wildman–Crippen MR) is 74.5 cm³/mol. The SMILES string of the molecule is C=C(CC)c1cn(-c2ccc(C)cc2)cc1C#N. The van der Waals surface area contributed by atoms with Crippen LogP contribution < -0.4 is 0 Å². The van der Waals surface area contributed by atoms with E-state index in [2.05, 4.69) is 43.8 Å². The standard InChI is InChI=1S/C16H16N2/c1-4-13(3)16-11-18(10-14(16)9-17)15-7-5-12(2)6-8-15/h5-8,10-11H,3-4H2,1-2H3. The molecule has 1 aromatic heterocycles. The topological polar surface area (TPSA) is 28.7 Å². The van der Waals surface area contributed by atoms with Gasteiger partial charge >= 0.3 is 0 Å². The second-order valence-electron chi connectivity index (χ2n) is 4.40. The maximum absolute atomic E-state index is 9.16. The number of rotatable bonds is 3. The molecule has 2 heteroatoms. The molecule has 0 N–H and O–H groups in total.